The number of aromatic nitrogens is 2. The first-order chi connectivity index (χ1) is 8.59. The van der Waals surface area contributed by atoms with Crippen LogP contribution in [0.15, 0.2) is 30.6 Å². The van der Waals surface area contributed by atoms with Crippen LogP contribution >= 0.6 is 0 Å². The fourth-order valence-corrected chi connectivity index (χ4v) is 1.21. The zero-order valence-corrected chi connectivity index (χ0v) is 8.80. The van der Waals surface area contributed by atoms with Gasteiger partial charge in [-0.25, -0.2) is 19.2 Å². The van der Waals surface area contributed by atoms with Crippen molar-refractivity contribution in [2.75, 3.05) is 0 Å². The molecule has 1 aromatic carbocycles. The molecule has 0 atom stereocenters. The average molecular weight is 252 g/mol. The minimum Gasteiger partial charge on any atom is -0.476 e. The van der Waals surface area contributed by atoms with Gasteiger partial charge >= 0.3 is 5.97 Å². The van der Waals surface area contributed by atoms with Crippen molar-refractivity contribution < 1.29 is 23.4 Å². The van der Waals surface area contributed by atoms with Crippen molar-refractivity contribution in [3.05, 3.63) is 47.9 Å². The summed E-state index contributed by atoms with van der Waals surface area (Å²) in [6, 6.07) is 3.29. The summed E-state index contributed by atoms with van der Waals surface area (Å²) in [5, 5.41) is 8.82. The summed E-state index contributed by atoms with van der Waals surface area (Å²) in [6.07, 6.45) is 2.33. The minimum atomic E-state index is -1.38. The van der Waals surface area contributed by atoms with Crippen LogP contribution in [0.4, 0.5) is 8.78 Å². The summed E-state index contributed by atoms with van der Waals surface area (Å²) < 4.78 is 31.2. The molecule has 0 saturated carbocycles. The largest absolute Gasteiger partial charge is 0.476 e. The van der Waals surface area contributed by atoms with E-state index >= 15 is 0 Å². The van der Waals surface area contributed by atoms with E-state index in [2.05, 4.69) is 9.97 Å². The molecule has 0 bridgehead atoms. The molecule has 0 saturated heterocycles. The number of ether oxygens (including phenoxy) is 1. The van der Waals surface area contributed by atoms with Gasteiger partial charge in [0.1, 0.15) is 0 Å². The Balaban J connectivity index is 2.40. The molecular weight excluding hydrogens is 246 g/mol. The van der Waals surface area contributed by atoms with Crippen LogP contribution < -0.4 is 4.74 Å². The van der Waals surface area contributed by atoms with Gasteiger partial charge in [-0.3, -0.25) is 0 Å². The van der Waals surface area contributed by atoms with Crippen molar-refractivity contribution in [2.45, 2.75) is 0 Å². The number of carboxylic acids is 1. The van der Waals surface area contributed by atoms with E-state index < -0.39 is 34.9 Å². The van der Waals surface area contributed by atoms with Gasteiger partial charge in [0.15, 0.2) is 11.6 Å². The molecule has 0 aliphatic rings. The van der Waals surface area contributed by atoms with Crippen molar-refractivity contribution in [1.29, 1.82) is 0 Å². The predicted molar refractivity (Wildman–Crippen MR) is 55.4 cm³/mol. The van der Waals surface area contributed by atoms with Crippen LogP contribution in [0, 0.1) is 11.6 Å². The molecule has 18 heavy (non-hydrogen) atoms. The Labute approximate surface area is 99.7 Å². The lowest BCUT2D eigenvalue weighted by Gasteiger charge is -2.07. The fourth-order valence-electron chi connectivity index (χ4n) is 1.21. The Bertz CT molecular complexity index is 605. The normalized spacial score (nSPS) is 10.1. The third-order valence-electron chi connectivity index (χ3n) is 1.99. The maximum absolute atomic E-state index is 13.3. The molecule has 5 nitrogen and oxygen atoms in total. The third-order valence-corrected chi connectivity index (χ3v) is 1.99. The van der Waals surface area contributed by atoms with Crippen molar-refractivity contribution >= 4 is 5.97 Å². The lowest BCUT2D eigenvalue weighted by Crippen LogP contribution is -2.05. The topological polar surface area (TPSA) is 72.3 Å². The number of rotatable bonds is 3. The number of aromatic carboxylic acids is 1. The van der Waals surface area contributed by atoms with Gasteiger partial charge in [-0.1, -0.05) is 6.07 Å². The first-order valence-corrected chi connectivity index (χ1v) is 4.75. The number of carbonyl (C=O) groups is 1. The molecule has 0 amide bonds. The minimum absolute atomic E-state index is 0.408. The van der Waals surface area contributed by atoms with Crippen LogP contribution in [0.25, 0.3) is 0 Å². The van der Waals surface area contributed by atoms with Gasteiger partial charge < -0.3 is 9.84 Å². The van der Waals surface area contributed by atoms with Gasteiger partial charge in [-0.05, 0) is 12.1 Å². The first kappa shape index (κ1) is 11.9. The molecule has 7 heteroatoms. The van der Waals surface area contributed by atoms with Crippen LogP contribution in [-0.4, -0.2) is 21.0 Å². The standard InChI is InChI=1S/C11H6F2N2O3/c12-6-2-1-3-7(8(6)13)18-10-9(11(16)17)14-4-5-15-10/h1-5H,(H,16,17). The van der Waals surface area contributed by atoms with Crippen LogP contribution in [-0.2, 0) is 0 Å². The summed E-state index contributed by atoms with van der Waals surface area (Å²) in [5.74, 6) is -4.57. The number of hydrogen-bond acceptors (Lipinski definition) is 4. The van der Waals surface area contributed by atoms with Crippen LogP contribution in [0.5, 0.6) is 11.6 Å². The molecule has 1 heterocycles. The van der Waals surface area contributed by atoms with Crippen molar-refractivity contribution in [3.8, 4) is 11.6 Å². The van der Waals surface area contributed by atoms with E-state index in [0.29, 0.717) is 0 Å². The average Bonchev–Trinajstić information content (AvgIpc) is 2.35. The molecule has 0 spiro atoms. The SMILES string of the molecule is O=C(O)c1nccnc1Oc1cccc(F)c1F. The van der Waals surface area contributed by atoms with Gasteiger partial charge in [0.2, 0.25) is 11.5 Å². The molecule has 0 unspecified atom stereocenters. The second-order valence-corrected chi connectivity index (χ2v) is 3.17. The zero-order valence-electron chi connectivity index (χ0n) is 8.80. The molecule has 0 radical (unpaired) electrons. The van der Waals surface area contributed by atoms with E-state index in [4.69, 9.17) is 9.84 Å². The first-order valence-electron chi connectivity index (χ1n) is 4.75. The Morgan fingerprint density at radius 1 is 1.22 bits per heavy atom. The Hall–Kier alpha value is -2.57. The smallest absolute Gasteiger partial charge is 0.360 e. The highest BCUT2D eigenvalue weighted by molar-refractivity contribution is 5.87. The van der Waals surface area contributed by atoms with Gasteiger partial charge in [0, 0.05) is 12.4 Å². The number of nitrogens with zero attached hydrogens (tertiary/aromatic N) is 2. The van der Waals surface area contributed by atoms with Gasteiger partial charge in [0.25, 0.3) is 5.88 Å². The summed E-state index contributed by atoms with van der Waals surface area (Å²) >= 11 is 0. The number of halogens is 2. The maximum atomic E-state index is 13.3. The summed E-state index contributed by atoms with van der Waals surface area (Å²) in [5.41, 5.74) is -0.485. The molecule has 0 aliphatic heterocycles. The maximum Gasteiger partial charge on any atom is 0.360 e. The van der Waals surface area contributed by atoms with Crippen LogP contribution in [0.2, 0.25) is 0 Å². The predicted octanol–water partition coefficient (Wildman–Crippen LogP) is 2.25. The zero-order chi connectivity index (χ0) is 13.1. The lowest BCUT2D eigenvalue weighted by molar-refractivity contribution is 0.0686. The second kappa shape index (κ2) is 4.74. The van der Waals surface area contributed by atoms with Crippen molar-refractivity contribution in [1.82, 2.24) is 9.97 Å². The highest BCUT2D eigenvalue weighted by Gasteiger charge is 2.17. The number of carboxylic acid groups (broad SMARTS) is 1. The van der Waals surface area contributed by atoms with Gasteiger partial charge in [-0.15, -0.1) is 0 Å². The molecule has 92 valence electrons. The summed E-state index contributed by atoms with van der Waals surface area (Å²) in [4.78, 5) is 17.9. The summed E-state index contributed by atoms with van der Waals surface area (Å²) in [6.45, 7) is 0. The van der Waals surface area contributed by atoms with Gasteiger partial charge in [-0.2, -0.15) is 4.39 Å². The van der Waals surface area contributed by atoms with E-state index in [1.165, 1.54) is 12.3 Å². The Kier molecular flexibility index (Phi) is 3.13. The fraction of sp³-hybridized carbons (Fsp3) is 0. The van der Waals surface area contributed by atoms with Crippen molar-refractivity contribution in [2.24, 2.45) is 0 Å². The van der Waals surface area contributed by atoms with E-state index in [1.54, 1.807) is 0 Å². The molecule has 2 aromatic rings. The van der Waals surface area contributed by atoms with E-state index in [9.17, 15) is 13.6 Å². The van der Waals surface area contributed by atoms with E-state index in [1.807, 2.05) is 0 Å². The van der Waals surface area contributed by atoms with E-state index in [0.717, 1.165) is 18.3 Å². The quantitative estimate of drug-likeness (QED) is 0.906. The number of hydrogen-bond donors (Lipinski definition) is 1. The van der Waals surface area contributed by atoms with Gasteiger partial charge in [0.05, 0.1) is 0 Å². The highest BCUT2D eigenvalue weighted by atomic mass is 19.2. The highest BCUT2D eigenvalue weighted by Crippen LogP contribution is 2.25. The molecule has 0 aliphatic carbocycles. The van der Waals surface area contributed by atoms with Crippen molar-refractivity contribution in [3.63, 3.8) is 0 Å². The Morgan fingerprint density at radius 3 is 2.67 bits per heavy atom. The molecule has 0 fully saturated rings. The Morgan fingerprint density at radius 2 is 1.94 bits per heavy atom. The lowest BCUT2D eigenvalue weighted by atomic mass is 10.3. The molecule has 1 N–H and O–H groups in total. The third kappa shape index (κ3) is 2.24. The van der Waals surface area contributed by atoms with Crippen LogP contribution in [0.3, 0.4) is 0 Å². The summed E-state index contributed by atoms with van der Waals surface area (Å²) in [7, 11) is 0. The van der Waals surface area contributed by atoms with Crippen LogP contribution in [0.1, 0.15) is 10.5 Å². The molecule has 1 aromatic heterocycles. The van der Waals surface area contributed by atoms with E-state index in [-0.39, 0.29) is 0 Å². The second-order valence-electron chi connectivity index (χ2n) is 3.17. The molecular formula is C11H6F2N2O3. The number of benzene rings is 1. The molecule has 2 rings (SSSR count). The monoisotopic (exact) mass is 252 g/mol.